The highest BCUT2D eigenvalue weighted by atomic mass is 32.2. The maximum Gasteiger partial charge on any atom is 0.292 e. The van der Waals surface area contributed by atoms with Crippen LogP contribution in [-0.2, 0) is 23.0 Å². The Morgan fingerprint density at radius 1 is 1.12 bits per heavy atom. The minimum absolute atomic E-state index is 0.0671. The summed E-state index contributed by atoms with van der Waals surface area (Å²) in [6, 6.07) is -0.0671. The average Bonchev–Trinajstić information content (AvgIpc) is 2.74. The molecule has 4 aliphatic rings. The van der Waals surface area contributed by atoms with Crippen molar-refractivity contribution in [1.29, 1.82) is 0 Å². The molecule has 0 radical (unpaired) electrons. The summed E-state index contributed by atoms with van der Waals surface area (Å²) < 4.78 is 27.4. The lowest BCUT2D eigenvalue weighted by Crippen LogP contribution is -2.48. The highest BCUT2D eigenvalue weighted by molar-refractivity contribution is 7.88. The molecular weight excluding hydrogens is 330 g/mol. The Hall–Kier alpha value is -1.48. The molecule has 0 spiro atoms. The van der Waals surface area contributed by atoms with Crippen LogP contribution in [0.15, 0.2) is 0 Å². The zero-order valence-electron chi connectivity index (χ0n) is 13.9. The fourth-order valence-corrected chi connectivity index (χ4v) is 5.08. The van der Waals surface area contributed by atoms with E-state index in [0.29, 0.717) is 25.5 Å². The number of aromatic nitrogens is 3. The zero-order valence-corrected chi connectivity index (χ0v) is 14.7. The summed E-state index contributed by atoms with van der Waals surface area (Å²) in [6.07, 6.45) is 6.07. The third-order valence-corrected chi connectivity index (χ3v) is 6.70. The fourth-order valence-electron chi connectivity index (χ4n) is 4.15. The Morgan fingerprint density at radius 3 is 2.75 bits per heavy atom. The molecular formula is C15H23N5O3S. The molecule has 0 aromatic carbocycles. The van der Waals surface area contributed by atoms with Gasteiger partial charge in [0, 0.05) is 38.6 Å². The van der Waals surface area contributed by atoms with Crippen molar-refractivity contribution in [2.45, 2.75) is 44.7 Å². The predicted molar refractivity (Wildman–Crippen MR) is 86.9 cm³/mol. The largest absolute Gasteiger partial charge is 0.331 e. The maximum atomic E-state index is 13.1. The first kappa shape index (κ1) is 16.0. The standard InChI is InChI=1S/C15H23N5O3S/c1-24(22,23)18-8-11-5-6-12(10-18)20(9-11)15(21)14-17-16-13-4-2-3-7-19(13)14/h11-12H,2-10H2,1H3/t11-,12+/m0/s1. The minimum Gasteiger partial charge on any atom is -0.331 e. The van der Waals surface area contributed by atoms with Gasteiger partial charge in [-0.3, -0.25) is 4.79 Å². The van der Waals surface area contributed by atoms with E-state index in [-0.39, 0.29) is 17.9 Å². The molecule has 2 atom stereocenters. The molecule has 5 rings (SSSR count). The Balaban J connectivity index is 1.61. The van der Waals surface area contributed by atoms with Gasteiger partial charge < -0.3 is 9.47 Å². The van der Waals surface area contributed by atoms with Gasteiger partial charge >= 0.3 is 0 Å². The molecule has 3 fully saturated rings. The smallest absolute Gasteiger partial charge is 0.292 e. The molecule has 8 nitrogen and oxygen atoms in total. The number of fused-ring (bicyclic) bond motifs is 5. The number of rotatable bonds is 2. The molecule has 132 valence electrons. The minimum atomic E-state index is -3.23. The second-order valence-corrected chi connectivity index (χ2v) is 9.17. The summed E-state index contributed by atoms with van der Waals surface area (Å²) in [7, 11) is -3.23. The molecule has 3 saturated heterocycles. The zero-order chi connectivity index (χ0) is 16.9. The summed E-state index contributed by atoms with van der Waals surface area (Å²) >= 11 is 0. The van der Waals surface area contributed by atoms with Gasteiger partial charge in [0.15, 0.2) is 0 Å². The highest BCUT2D eigenvalue weighted by Gasteiger charge is 2.41. The van der Waals surface area contributed by atoms with E-state index in [1.165, 1.54) is 10.6 Å². The number of carbonyl (C=O) groups excluding carboxylic acids is 1. The fraction of sp³-hybridized carbons (Fsp3) is 0.800. The van der Waals surface area contributed by atoms with E-state index >= 15 is 0 Å². The van der Waals surface area contributed by atoms with Gasteiger partial charge in [0.2, 0.25) is 15.8 Å². The van der Waals surface area contributed by atoms with Crippen molar-refractivity contribution in [1.82, 2.24) is 24.0 Å². The van der Waals surface area contributed by atoms with E-state index in [4.69, 9.17) is 0 Å². The van der Waals surface area contributed by atoms with E-state index in [9.17, 15) is 13.2 Å². The van der Waals surface area contributed by atoms with Crippen LogP contribution in [0.25, 0.3) is 0 Å². The second-order valence-electron chi connectivity index (χ2n) is 7.18. The topological polar surface area (TPSA) is 88.4 Å². The number of amides is 1. The van der Waals surface area contributed by atoms with Gasteiger partial charge in [-0.15, -0.1) is 10.2 Å². The van der Waals surface area contributed by atoms with Crippen LogP contribution in [0.5, 0.6) is 0 Å². The van der Waals surface area contributed by atoms with Gasteiger partial charge in [0.25, 0.3) is 5.91 Å². The number of nitrogens with zero attached hydrogens (tertiary/aromatic N) is 5. The second kappa shape index (κ2) is 5.80. The number of piperidine rings is 1. The maximum absolute atomic E-state index is 13.1. The lowest BCUT2D eigenvalue weighted by atomic mass is 9.95. The molecule has 1 amide bonds. The van der Waals surface area contributed by atoms with E-state index in [0.717, 1.165) is 44.5 Å². The van der Waals surface area contributed by atoms with Crippen LogP contribution in [0.2, 0.25) is 0 Å². The van der Waals surface area contributed by atoms with E-state index in [2.05, 4.69) is 10.2 Å². The Labute approximate surface area is 141 Å². The summed E-state index contributed by atoms with van der Waals surface area (Å²) in [6.45, 7) is 2.30. The van der Waals surface area contributed by atoms with Gasteiger partial charge in [-0.1, -0.05) is 0 Å². The molecule has 24 heavy (non-hydrogen) atoms. The number of hydrogen-bond acceptors (Lipinski definition) is 5. The van der Waals surface area contributed by atoms with Crippen LogP contribution in [0.4, 0.5) is 0 Å². The van der Waals surface area contributed by atoms with Crippen LogP contribution < -0.4 is 0 Å². The molecule has 2 bridgehead atoms. The molecule has 1 aromatic rings. The van der Waals surface area contributed by atoms with Gasteiger partial charge in [-0.2, -0.15) is 4.31 Å². The highest BCUT2D eigenvalue weighted by Crippen LogP contribution is 2.30. The lowest BCUT2D eigenvalue weighted by molar-refractivity contribution is 0.0569. The Morgan fingerprint density at radius 2 is 1.96 bits per heavy atom. The first-order chi connectivity index (χ1) is 11.4. The third-order valence-electron chi connectivity index (χ3n) is 5.46. The number of sulfonamides is 1. The Bertz CT molecular complexity index is 759. The summed E-state index contributed by atoms with van der Waals surface area (Å²) in [5.74, 6) is 1.41. The first-order valence-corrected chi connectivity index (χ1v) is 10.5. The van der Waals surface area contributed by atoms with Crippen LogP contribution in [0.3, 0.4) is 0 Å². The average molecular weight is 353 g/mol. The van der Waals surface area contributed by atoms with Crippen LogP contribution in [0.1, 0.15) is 42.1 Å². The van der Waals surface area contributed by atoms with E-state index < -0.39 is 10.0 Å². The van der Waals surface area contributed by atoms with Crippen molar-refractivity contribution in [3.63, 3.8) is 0 Å². The predicted octanol–water partition coefficient (Wildman–Crippen LogP) is 0.110. The monoisotopic (exact) mass is 353 g/mol. The number of carbonyl (C=O) groups is 1. The summed E-state index contributed by atoms with van der Waals surface area (Å²) in [4.78, 5) is 14.9. The quantitative estimate of drug-likeness (QED) is 0.753. The molecule has 9 heteroatoms. The SMILES string of the molecule is CS(=O)(=O)N1C[C@@H]2CC[C@H](C1)N(C(=O)c1nnc3n1CCCC3)C2. The van der Waals surface area contributed by atoms with Crippen molar-refractivity contribution in [3.05, 3.63) is 11.6 Å². The normalized spacial score (nSPS) is 27.8. The van der Waals surface area contributed by atoms with Crippen molar-refractivity contribution < 1.29 is 13.2 Å². The van der Waals surface area contributed by atoms with E-state index in [1.807, 2.05) is 9.47 Å². The molecule has 1 aromatic heterocycles. The molecule has 0 aliphatic carbocycles. The molecule has 0 saturated carbocycles. The third kappa shape index (κ3) is 2.73. The van der Waals surface area contributed by atoms with Crippen molar-refractivity contribution in [2.24, 2.45) is 5.92 Å². The van der Waals surface area contributed by atoms with Crippen LogP contribution >= 0.6 is 0 Å². The van der Waals surface area contributed by atoms with Crippen molar-refractivity contribution in [3.8, 4) is 0 Å². The molecule has 0 unspecified atom stereocenters. The van der Waals surface area contributed by atoms with Crippen molar-refractivity contribution in [2.75, 3.05) is 25.9 Å². The van der Waals surface area contributed by atoms with E-state index in [1.54, 1.807) is 0 Å². The molecule has 4 aliphatic heterocycles. The summed E-state index contributed by atoms with van der Waals surface area (Å²) in [5.41, 5.74) is 0. The number of aryl methyl sites for hydroxylation is 1. The van der Waals surface area contributed by atoms with Crippen LogP contribution in [-0.4, -0.2) is 70.2 Å². The lowest BCUT2D eigenvalue weighted by Gasteiger charge is -2.35. The van der Waals surface area contributed by atoms with Gasteiger partial charge in [0.1, 0.15) is 5.82 Å². The molecule has 0 N–H and O–H groups in total. The summed E-state index contributed by atoms with van der Waals surface area (Å²) in [5, 5.41) is 8.32. The van der Waals surface area contributed by atoms with Crippen LogP contribution in [0, 0.1) is 5.92 Å². The molecule has 5 heterocycles. The first-order valence-electron chi connectivity index (χ1n) is 8.61. The van der Waals surface area contributed by atoms with Gasteiger partial charge in [-0.05, 0) is 31.6 Å². The van der Waals surface area contributed by atoms with Gasteiger partial charge in [0.05, 0.1) is 6.26 Å². The van der Waals surface area contributed by atoms with Gasteiger partial charge in [-0.25, -0.2) is 8.42 Å². The van der Waals surface area contributed by atoms with Crippen molar-refractivity contribution >= 4 is 15.9 Å². The Kier molecular flexibility index (Phi) is 3.87. The number of hydrogen-bond donors (Lipinski definition) is 0.